The normalized spacial score (nSPS) is 10.1. The SMILES string of the molecule is NC(=S)c1ccc(OCCCc2ccncc2)nc1. The first kappa shape index (κ1) is 13.4. The fourth-order valence-corrected chi connectivity index (χ4v) is 1.73. The van der Waals surface area contributed by atoms with E-state index >= 15 is 0 Å². The number of hydrogen-bond acceptors (Lipinski definition) is 4. The molecule has 0 bridgehead atoms. The predicted octanol–water partition coefficient (Wildman–Crippen LogP) is 2.12. The molecule has 2 heterocycles. The third-order valence-electron chi connectivity index (χ3n) is 2.63. The van der Waals surface area contributed by atoms with Crippen molar-refractivity contribution >= 4 is 17.2 Å². The van der Waals surface area contributed by atoms with Gasteiger partial charge in [-0.15, -0.1) is 0 Å². The molecule has 0 spiro atoms. The molecule has 0 aliphatic carbocycles. The van der Waals surface area contributed by atoms with Crippen molar-refractivity contribution in [3.63, 3.8) is 0 Å². The lowest BCUT2D eigenvalue weighted by Crippen LogP contribution is -2.09. The van der Waals surface area contributed by atoms with Crippen LogP contribution in [0.3, 0.4) is 0 Å². The molecule has 0 fully saturated rings. The number of hydrogen-bond donors (Lipinski definition) is 1. The molecular weight excluding hydrogens is 258 g/mol. The Hall–Kier alpha value is -2.01. The van der Waals surface area contributed by atoms with E-state index < -0.39 is 0 Å². The molecule has 0 atom stereocenters. The van der Waals surface area contributed by atoms with Crippen LogP contribution >= 0.6 is 12.2 Å². The van der Waals surface area contributed by atoms with E-state index in [1.54, 1.807) is 24.7 Å². The Morgan fingerprint density at radius 2 is 2.00 bits per heavy atom. The van der Waals surface area contributed by atoms with E-state index in [4.69, 9.17) is 22.7 Å². The van der Waals surface area contributed by atoms with Crippen molar-refractivity contribution in [2.24, 2.45) is 5.73 Å². The van der Waals surface area contributed by atoms with Crippen LogP contribution in [0.2, 0.25) is 0 Å². The molecule has 5 heteroatoms. The van der Waals surface area contributed by atoms with Gasteiger partial charge in [-0.3, -0.25) is 4.98 Å². The second kappa shape index (κ2) is 6.80. The summed E-state index contributed by atoms with van der Waals surface area (Å²) < 4.78 is 5.55. The van der Waals surface area contributed by atoms with Crippen LogP contribution in [0.1, 0.15) is 17.5 Å². The minimum absolute atomic E-state index is 0.344. The highest BCUT2D eigenvalue weighted by Crippen LogP contribution is 2.08. The number of aromatic nitrogens is 2. The zero-order chi connectivity index (χ0) is 13.5. The van der Waals surface area contributed by atoms with Gasteiger partial charge < -0.3 is 10.5 Å². The standard InChI is InChI=1S/C14H15N3OS/c15-14(19)12-3-4-13(17-10-12)18-9-1-2-11-5-7-16-8-6-11/h3-8,10H,1-2,9H2,(H2,15,19). The van der Waals surface area contributed by atoms with Crippen molar-refractivity contribution < 1.29 is 4.74 Å². The first-order valence-corrected chi connectivity index (χ1v) is 6.44. The average molecular weight is 273 g/mol. The molecule has 0 radical (unpaired) electrons. The summed E-state index contributed by atoms with van der Waals surface area (Å²) in [6.07, 6.45) is 7.12. The summed E-state index contributed by atoms with van der Waals surface area (Å²) in [5.74, 6) is 0.592. The Labute approximate surface area is 117 Å². The average Bonchev–Trinajstić information content (AvgIpc) is 2.45. The van der Waals surface area contributed by atoms with Crippen molar-refractivity contribution in [2.45, 2.75) is 12.8 Å². The summed E-state index contributed by atoms with van der Waals surface area (Å²) in [5.41, 5.74) is 7.50. The predicted molar refractivity (Wildman–Crippen MR) is 78.2 cm³/mol. The Morgan fingerprint density at radius 1 is 1.21 bits per heavy atom. The van der Waals surface area contributed by atoms with Gasteiger partial charge in [-0.2, -0.15) is 0 Å². The fraction of sp³-hybridized carbons (Fsp3) is 0.214. The van der Waals surface area contributed by atoms with E-state index in [2.05, 4.69) is 9.97 Å². The number of ether oxygens (including phenoxy) is 1. The highest BCUT2D eigenvalue weighted by Gasteiger charge is 1.99. The van der Waals surface area contributed by atoms with Gasteiger partial charge in [0.25, 0.3) is 0 Å². The van der Waals surface area contributed by atoms with E-state index in [0.29, 0.717) is 17.5 Å². The van der Waals surface area contributed by atoms with Gasteiger partial charge in [-0.25, -0.2) is 4.98 Å². The Balaban J connectivity index is 1.75. The maximum absolute atomic E-state index is 5.55. The number of thiocarbonyl (C=S) groups is 1. The Kier molecular flexibility index (Phi) is 4.80. The first-order valence-electron chi connectivity index (χ1n) is 6.03. The van der Waals surface area contributed by atoms with E-state index in [1.165, 1.54) is 5.56 Å². The fourth-order valence-electron chi connectivity index (χ4n) is 1.61. The van der Waals surface area contributed by atoms with Crippen molar-refractivity contribution in [1.82, 2.24) is 9.97 Å². The van der Waals surface area contributed by atoms with Crippen molar-refractivity contribution in [1.29, 1.82) is 0 Å². The summed E-state index contributed by atoms with van der Waals surface area (Å²) in [5, 5.41) is 0. The summed E-state index contributed by atoms with van der Waals surface area (Å²) >= 11 is 4.86. The minimum atomic E-state index is 0.344. The van der Waals surface area contributed by atoms with Crippen molar-refractivity contribution in [3.8, 4) is 5.88 Å². The highest BCUT2D eigenvalue weighted by molar-refractivity contribution is 7.80. The summed E-state index contributed by atoms with van der Waals surface area (Å²) in [6.45, 7) is 0.627. The quantitative estimate of drug-likeness (QED) is 0.645. The molecule has 2 aromatic rings. The lowest BCUT2D eigenvalue weighted by molar-refractivity contribution is 0.299. The van der Waals surface area contributed by atoms with Crippen LogP contribution in [0.25, 0.3) is 0 Å². The van der Waals surface area contributed by atoms with Gasteiger partial charge in [-0.1, -0.05) is 12.2 Å². The molecule has 0 saturated carbocycles. The number of pyridine rings is 2. The van der Waals surface area contributed by atoms with E-state index in [1.807, 2.05) is 18.2 Å². The number of aryl methyl sites for hydroxylation is 1. The minimum Gasteiger partial charge on any atom is -0.478 e. The van der Waals surface area contributed by atoms with Gasteiger partial charge in [0.15, 0.2) is 0 Å². The largest absolute Gasteiger partial charge is 0.478 e. The maximum Gasteiger partial charge on any atom is 0.213 e. The number of rotatable bonds is 6. The smallest absolute Gasteiger partial charge is 0.213 e. The lowest BCUT2D eigenvalue weighted by Gasteiger charge is -2.05. The van der Waals surface area contributed by atoms with E-state index in [0.717, 1.165) is 18.4 Å². The molecule has 0 amide bonds. The molecule has 2 N–H and O–H groups in total. The van der Waals surface area contributed by atoms with Gasteiger partial charge >= 0.3 is 0 Å². The van der Waals surface area contributed by atoms with Crippen LogP contribution in [0.5, 0.6) is 5.88 Å². The van der Waals surface area contributed by atoms with Gasteiger partial charge in [0, 0.05) is 30.2 Å². The molecule has 0 unspecified atom stereocenters. The third-order valence-corrected chi connectivity index (χ3v) is 2.87. The van der Waals surface area contributed by atoms with Crippen LogP contribution in [0.4, 0.5) is 0 Å². The molecule has 2 aromatic heterocycles. The molecule has 0 aliphatic rings. The molecule has 98 valence electrons. The van der Waals surface area contributed by atoms with Gasteiger partial charge in [0.05, 0.1) is 6.61 Å². The molecule has 2 rings (SSSR count). The second-order valence-corrected chi connectivity index (χ2v) is 4.50. The zero-order valence-corrected chi connectivity index (χ0v) is 11.3. The Morgan fingerprint density at radius 3 is 2.63 bits per heavy atom. The molecule has 19 heavy (non-hydrogen) atoms. The monoisotopic (exact) mass is 273 g/mol. The third kappa shape index (κ3) is 4.30. The second-order valence-electron chi connectivity index (χ2n) is 4.06. The van der Waals surface area contributed by atoms with Crippen LogP contribution in [-0.4, -0.2) is 21.6 Å². The zero-order valence-electron chi connectivity index (χ0n) is 10.5. The van der Waals surface area contributed by atoms with Crippen molar-refractivity contribution in [3.05, 3.63) is 54.0 Å². The van der Waals surface area contributed by atoms with Gasteiger partial charge in [-0.05, 0) is 36.6 Å². The lowest BCUT2D eigenvalue weighted by atomic mass is 10.1. The van der Waals surface area contributed by atoms with Gasteiger partial charge in [0.1, 0.15) is 4.99 Å². The molecule has 0 aromatic carbocycles. The molecular formula is C14H15N3OS. The number of nitrogens with two attached hydrogens (primary N) is 1. The summed E-state index contributed by atoms with van der Waals surface area (Å²) in [7, 11) is 0. The number of nitrogens with zero attached hydrogens (tertiary/aromatic N) is 2. The highest BCUT2D eigenvalue weighted by atomic mass is 32.1. The summed E-state index contributed by atoms with van der Waals surface area (Å²) in [6, 6.07) is 7.61. The molecule has 4 nitrogen and oxygen atoms in total. The van der Waals surface area contributed by atoms with Crippen LogP contribution < -0.4 is 10.5 Å². The van der Waals surface area contributed by atoms with Gasteiger partial charge in [0.2, 0.25) is 5.88 Å². The first-order chi connectivity index (χ1) is 9.25. The Bertz CT molecular complexity index is 528. The van der Waals surface area contributed by atoms with Crippen LogP contribution in [0, 0.1) is 0 Å². The van der Waals surface area contributed by atoms with E-state index in [9.17, 15) is 0 Å². The van der Waals surface area contributed by atoms with Crippen LogP contribution in [-0.2, 0) is 6.42 Å². The summed E-state index contributed by atoms with van der Waals surface area (Å²) in [4.78, 5) is 8.47. The van der Waals surface area contributed by atoms with E-state index in [-0.39, 0.29) is 0 Å². The van der Waals surface area contributed by atoms with Crippen molar-refractivity contribution in [2.75, 3.05) is 6.61 Å². The maximum atomic E-state index is 5.55. The molecule has 0 aliphatic heterocycles. The molecule has 0 saturated heterocycles. The van der Waals surface area contributed by atoms with Crippen LogP contribution in [0.15, 0.2) is 42.9 Å². The topological polar surface area (TPSA) is 61.0 Å².